The van der Waals surface area contributed by atoms with E-state index in [1.165, 1.54) is 0 Å². The number of hydrogen-bond acceptors (Lipinski definition) is 2. The summed E-state index contributed by atoms with van der Waals surface area (Å²) in [4.78, 5) is 0. The van der Waals surface area contributed by atoms with Gasteiger partial charge >= 0.3 is 7.87 Å². The Morgan fingerprint density at radius 2 is 1.71 bits per heavy atom. The molecule has 1 fully saturated rings. The van der Waals surface area contributed by atoms with Crippen LogP contribution in [0.2, 0.25) is 6.04 Å². The number of hydrogen-bond donors (Lipinski definition) is 0. The minimum absolute atomic E-state index is 0.196. The van der Waals surface area contributed by atoms with Crippen molar-refractivity contribution in [2.75, 3.05) is 0 Å². The van der Waals surface area contributed by atoms with Crippen molar-refractivity contribution >= 4 is 18.9 Å². The number of rotatable bonds is 2. The molecule has 0 aromatic carbocycles. The molecule has 1 aliphatic heterocycles. The van der Waals surface area contributed by atoms with Crippen molar-refractivity contribution in [1.29, 1.82) is 0 Å². The molecule has 1 heterocycles. The van der Waals surface area contributed by atoms with E-state index >= 15 is 0 Å². The lowest BCUT2D eigenvalue weighted by Crippen LogP contribution is -2.56. The van der Waals surface area contributed by atoms with Crippen molar-refractivity contribution in [2.45, 2.75) is 51.4 Å². The van der Waals surface area contributed by atoms with E-state index in [-0.39, 0.29) is 11.2 Å². The van der Waals surface area contributed by atoms with Crippen LogP contribution in [-0.4, -0.2) is 19.1 Å². The van der Waals surface area contributed by atoms with Crippen molar-refractivity contribution in [2.24, 2.45) is 0 Å². The van der Waals surface area contributed by atoms with Gasteiger partial charge < -0.3 is 8.85 Å². The molecule has 82 valence electrons. The van der Waals surface area contributed by atoms with E-state index in [9.17, 15) is 0 Å². The zero-order chi connectivity index (χ0) is 11.0. The van der Waals surface area contributed by atoms with Crippen LogP contribution in [0.5, 0.6) is 0 Å². The summed E-state index contributed by atoms with van der Waals surface area (Å²) in [6, 6.07) is 0.626. The highest BCUT2D eigenvalue weighted by atomic mass is 35.6. The average Bonchev–Trinajstić information content (AvgIpc) is 1.75. The molecular weight excluding hydrogens is 216 g/mol. The van der Waals surface area contributed by atoms with Gasteiger partial charge in [-0.15, -0.1) is 6.58 Å². The van der Waals surface area contributed by atoms with Crippen molar-refractivity contribution in [3.63, 3.8) is 0 Å². The van der Waals surface area contributed by atoms with Crippen LogP contribution in [-0.2, 0) is 8.85 Å². The van der Waals surface area contributed by atoms with E-state index in [4.69, 9.17) is 19.9 Å². The minimum Gasteiger partial charge on any atom is -0.377 e. The predicted molar refractivity (Wildman–Crippen MR) is 61.6 cm³/mol. The lowest BCUT2D eigenvalue weighted by Gasteiger charge is -2.47. The molecule has 0 radical (unpaired) electrons. The van der Waals surface area contributed by atoms with Gasteiger partial charge in [0.05, 0.1) is 11.2 Å². The lowest BCUT2D eigenvalue weighted by molar-refractivity contribution is -0.0813. The van der Waals surface area contributed by atoms with Crippen LogP contribution >= 0.6 is 11.1 Å². The first-order valence-electron chi connectivity index (χ1n) is 4.88. The van der Waals surface area contributed by atoms with E-state index in [0.29, 0.717) is 6.04 Å². The molecule has 1 saturated heterocycles. The Morgan fingerprint density at radius 1 is 1.29 bits per heavy atom. The average molecular weight is 235 g/mol. The summed E-state index contributed by atoms with van der Waals surface area (Å²) >= 11 is 6.37. The van der Waals surface area contributed by atoms with E-state index in [1.807, 2.05) is 0 Å². The monoisotopic (exact) mass is 234 g/mol. The zero-order valence-corrected chi connectivity index (χ0v) is 11.1. The fourth-order valence-corrected chi connectivity index (χ4v) is 6.13. The molecule has 0 aliphatic carbocycles. The summed E-state index contributed by atoms with van der Waals surface area (Å²) in [7, 11) is -2.55. The normalized spacial score (nSPS) is 28.4. The molecule has 0 bridgehead atoms. The molecule has 0 unspecified atom stereocenters. The first-order chi connectivity index (χ1) is 6.18. The third kappa shape index (κ3) is 3.09. The summed E-state index contributed by atoms with van der Waals surface area (Å²) in [5, 5.41) is 0. The van der Waals surface area contributed by atoms with Gasteiger partial charge in [0, 0.05) is 12.5 Å². The van der Waals surface area contributed by atoms with Crippen LogP contribution in [0.4, 0.5) is 0 Å². The SMILES string of the molecule is C=CC[Si]1(Cl)OC(C)(C)CC(C)(C)O1. The topological polar surface area (TPSA) is 18.5 Å². The van der Waals surface area contributed by atoms with Crippen molar-refractivity contribution in [3.8, 4) is 0 Å². The van der Waals surface area contributed by atoms with Gasteiger partial charge in [0.15, 0.2) is 0 Å². The van der Waals surface area contributed by atoms with Gasteiger partial charge in [0.2, 0.25) is 0 Å². The highest BCUT2D eigenvalue weighted by Crippen LogP contribution is 2.40. The molecule has 0 aromatic heterocycles. The highest BCUT2D eigenvalue weighted by Gasteiger charge is 2.50. The molecule has 0 amide bonds. The molecule has 2 nitrogen and oxygen atoms in total. The maximum Gasteiger partial charge on any atom is 0.447 e. The van der Waals surface area contributed by atoms with Crippen LogP contribution in [0, 0.1) is 0 Å². The molecule has 1 rings (SSSR count). The molecule has 0 aromatic rings. The van der Waals surface area contributed by atoms with Crippen LogP contribution in [0.25, 0.3) is 0 Å². The largest absolute Gasteiger partial charge is 0.447 e. The Bertz CT molecular complexity index is 222. The minimum atomic E-state index is -2.55. The summed E-state index contributed by atoms with van der Waals surface area (Å²) < 4.78 is 11.7. The Balaban J connectivity index is 2.85. The van der Waals surface area contributed by atoms with Gasteiger partial charge in [-0.3, -0.25) is 0 Å². The third-order valence-corrected chi connectivity index (χ3v) is 5.51. The van der Waals surface area contributed by atoms with Gasteiger partial charge in [-0.2, -0.15) is 0 Å². The quantitative estimate of drug-likeness (QED) is 0.415. The molecular formula is C10H19ClO2Si. The van der Waals surface area contributed by atoms with Crippen LogP contribution < -0.4 is 0 Å². The Hall–Kier alpha value is 0.167. The second kappa shape index (κ2) is 3.63. The molecule has 0 N–H and O–H groups in total. The maximum atomic E-state index is 6.37. The van der Waals surface area contributed by atoms with Crippen LogP contribution in [0.15, 0.2) is 12.7 Å². The number of halogens is 1. The molecule has 4 heteroatoms. The Kier molecular flexibility index (Phi) is 3.17. The van der Waals surface area contributed by atoms with E-state index in [0.717, 1.165) is 6.42 Å². The predicted octanol–water partition coefficient (Wildman–Crippen LogP) is 3.34. The first kappa shape index (κ1) is 12.2. The summed E-state index contributed by atoms with van der Waals surface area (Å²) in [5.41, 5.74) is -0.391. The fourth-order valence-electron chi connectivity index (χ4n) is 2.20. The smallest absolute Gasteiger partial charge is 0.377 e. The molecule has 0 saturated carbocycles. The van der Waals surface area contributed by atoms with Gasteiger partial charge in [-0.1, -0.05) is 17.2 Å². The molecule has 14 heavy (non-hydrogen) atoms. The van der Waals surface area contributed by atoms with Crippen molar-refractivity contribution in [1.82, 2.24) is 0 Å². The van der Waals surface area contributed by atoms with Gasteiger partial charge in [0.25, 0.3) is 0 Å². The zero-order valence-electron chi connectivity index (χ0n) is 9.39. The Labute approximate surface area is 92.2 Å². The molecule has 0 atom stereocenters. The van der Waals surface area contributed by atoms with Crippen LogP contribution in [0.3, 0.4) is 0 Å². The second-order valence-electron chi connectivity index (χ2n) is 5.05. The van der Waals surface area contributed by atoms with Crippen molar-refractivity contribution in [3.05, 3.63) is 12.7 Å². The van der Waals surface area contributed by atoms with E-state index in [2.05, 4.69) is 34.3 Å². The molecule has 0 spiro atoms. The summed E-state index contributed by atoms with van der Waals surface area (Å²) in [6.45, 7) is 11.9. The van der Waals surface area contributed by atoms with Crippen molar-refractivity contribution < 1.29 is 8.85 Å². The second-order valence-corrected chi connectivity index (χ2v) is 8.92. The van der Waals surface area contributed by atoms with Gasteiger partial charge in [0.1, 0.15) is 0 Å². The first-order valence-corrected chi connectivity index (χ1v) is 7.92. The number of allylic oxidation sites excluding steroid dienone is 1. The fraction of sp³-hybridized carbons (Fsp3) is 0.800. The molecule has 1 aliphatic rings. The Morgan fingerprint density at radius 3 is 2.07 bits per heavy atom. The van der Waals surface area contributed by atoms with Gasteiger partial charge in [-0.25, -0.2) is 0 Å². The van der Waals surface area contributed by atoms with Gasteiger partial charge in [-0.05, 0) is 27.7 Å². The third-order valence-electron chi connectivity index (χ3n) is 2.10. The summed E-state index contributed by atoms with van der Waals surface area (Å²) in [6.07, 6.45) is 2.63. The van der Waals surface area contributed by atoms with E-state index < -0.39 is 7.87 Å². The van der Waals surface area contributed by atoms with Crippen LogP contribution in [0.1, 0.15) is 34.1 Å². The summed E-state index contributed by atoms with van der Waals surface area (Å²) in [5.74, 6) is 0. The standard InChI is InChI=1S/C10H19ClO2Si/c1-6-7-14(11)12-9(2,3)8-10(4,5)13-14/h6H,1,7-8H2,2-5H3. The maximum absolute atomic E-state index is 6.37. The highest BCUT2D eigenvalue weighted by molar-refractivity contribution is 7.13. The lowest BCUT2D eigenvalue weighted by atomic mass is 9.93. The van der Waals surface area contributed by atoms with E-state index in [1.54, 1.807) is 6.08 Å².